The lowest BCUT2D eigenvalue weighted by Crippen LogP contribution is -2.53. The Morgan fingerprint density at radius 1 is 0.920 bits per heavy atom. The Balaban J connectivity index is 1.15. The normalized spacial score (nSPS) is 18.6. The van der Waals surface area contributed by atoms with Crippen LogP contribution in [0.3, 0.4) is 0 Å². The molecule has 0 unspecified atom stereocenters. The molecule has 3 aromatic carbocycles. The molecule has 262 valence electrons. The van der Waals surface area contributed by atoms with Crippen molar-refractivity contribution < 1.29 is 33.3 Å². The van der Waals surface area contributed by atoms with E-state index >= 15 is 0 Å². The van der Waals surface area contributed by atoms with Gasteiger partial charge in [0.15, 0.2) is 23.9 Å². The van der Waals surface area contributed by atoms with E-state index in [1.165, 1.54) is 26.6 Å². The first-order valence-corrected chi connectivity index (χ1v) is 17.3. The molecule has 0 radical (unpaired) electrons. The van der Waals surface area contributed by atoms with Crippen molar-refractivity contribution in [2.24, 2.45) is 5.92 Å². The van der Waals surface area contributed by atoms with E-state index in [0.29, 0.717) is 39.8 Å². The van der Waals surface area contributed by atoms with Gasteiger partial charge < -0.3 is 24.2 Å². The minimum absolute atomic E-state index is 0.00903. The summed E-state index contributed by atoms with van der Waals surface area (Å²) in [4.78, 5) is 31.0. The number of amides is 1. The van der Waals surface area contributed by atoms with Gasteiger partial charge in [-0.15, -0.1) is 0 Å². The SMILES string of the molecule is COc1ccc([C@H](Cc2c(Cl)c[n+]([O-])cc2Cl)OC(=O)Cc2ccc(CN(C(=O)O[C@H]3CN4CCC3CC4)c3ccccc3)cc2)cc1OC. The topological polar surface area (TPSA) is 104 Å². The summed E-state index contributed by atoms with van der Waals surface area (Å²) < 4.78 is 23.5. The Bertz CT molecular complexity index is 1780. The Morgan fingerprint density at radius 2 is 1.58 bits per heavy atom. The number of hydrogen-bond acceptors (Lipinski definition) is 8. The number of pyridine rings is 1. The van der Waals surface area contributed by atoms with E-state index < -0.39 is 12.1 Å². The Morgan fingerprint density at radius 3 is 2.20 bits per heavy atom. The average molecular weight is 721 g/mol. The molecule has 10 nitrogen and oxygen atoms in total. The molecular formula is C38H39Cl2N3O7. The van der Waals surface area contributed by atoms with Crippen molar-refractivity contribution >= 4 is 41.0 Å². The summed E-state index contributed by atoms with van der Waals surface area (Å²) in [5, 5.41) is 12.2. The van der Waals surface area contributed by atoms with Gasteiger partial charge in [-0.1, -0.05) is 71.7 Å². The fourth-order valence-corrected chi connectivity index (χ4v) is 7.21. The monoisotopic (exact) mass is 719 g/mol. The van der Waals surface area contributed by atoms with Gasteiger partial charge >= 0.3 is 12.1 Å². The number of ether oxygens (including phenoxy) is 4. The molecule has 12 heteroatoms. The number of rotatable bonds is 12. The molecule has 2 bridgehead atoms. The second-order valence-corrected chi connectivity index (χ2v) is 13.4. The maximum absolute atomic E-state index is 13.6. The van der Waals surface area contributed by atoms with Crippen molar-refractivity contribution in [3.8, 4) is 11.5 Å². The number of hydrogen-bond donors (Lipinski definition) is 0. The quantitative estimate of drug-likeness (QED) is 0.0881. The molecule has 3 saturated heterocycles. The van der Waals surface area contributed by atoms with Crippen LogP contribution in [0.1, 0.15) is 41.2 Å². The number of esters is 1. The molecular weight excluding hydrogens is 681 g/mol. The molecule has 3 aliphatic heterocycles. The van der Waals surface area contributed by atoms with Crippen molar-refractivity contribution in [1.82, 2.24) is 4.90 Å². The fraction of sp³-hybridized carbons (Fsp3) is 0.342. The number of fused-ring (bicyclic) bond motifs is 3. The number of carbonyl (C=O) groups is 2. The maximum Gasteiger partial charge on any atom is 0.414 e. The smallest absolute Gasteiger partial charge is 0.414 e. The Hall–Kier alpha value is -4.51. The van der Waals surface area contributed by atoms with E-state index in [2.05, 4.69) is 4.90 Å². The molecule has 7 rings (SSSR count). The highest BCUT2D eigenvalue weighted by Crippen LogP contribution is 2.35. The number of para-hydroxylation sites is 1. The van der Waals surface area contributed by atoms with Crippen LogP contribution in [0.4, 0.5) is 10.5 Å². The average Bonchev–Trinajstić information content (AvgIpc) is 3.12. The molecule has 1 amide bonds. The van der Waals surface area contributed by atoms with Crippen LogP contribution in [0, 0.1) is 11.1 Å². The number of aromatic nitrogens is 1. The fourth-order valence-electron chi connectivity index (χ4n) is 6.61. The van der Waals surface area contributed by atoms with Crippen molar-refractivity contribution in [2.45, 2.75) is 44.4 Å². The van der Waals surface area contributed by atoms with Crippen LogP contribution >= 0.6 is 23.2 Å². The highest BCUT2D eigenvalue weighted by molar-refractivity contribution is 6.35. The van der Waals surface area contributed by atoms with Crippen LogP contribution in [-0.4, -0.2) is 56.9 Å². The largest absolute Gasteiger partial charge is 0.619 e. The summed E-state index contributed by atoms with van der Waals surface area (Å²) in [6.45, 7) is 3.21. The van der Waals surface area contributed by atoms with Crippen LogP contribution in [0.15, 0.2) is 85.2 Å². The van der Waals surface area contributed by atoms with E-state index in [-0.39, 0.29) is 35.1 Å². The van der Waals surface area contributed by atoms with Gasteiger partial charge in [0.2, 0.25) is 0 Å². The third kappa shape index (κ3) is 8.43. The van der Waals surface area contributed by atoms with Gasteiger partial charge in [-0.3, -0.25) is 14.6 Å². The van der Waals surface area contributed by atoms with Gasteiger partial charge in [0.1, 0.15) is 22.3 Å². The number of piperidine rings is 3. The van der Waals surface area contributed by atoms with Gasteiger partial charge in [-0.05, 0) is 72.8 Å². The van der Waals surface area contributed by atoms with Crippen molar-refractivity contribution in [1.29, 1.82) is 0 Å². The van der Waals surface area contributed by atoms with E-state index in [9.17, 15) is 14.8 Å². The predicted octanol–water partition coefficient (Wildman–Crippen LogP) is 6.95. The van der Waals surface area contributed by atoms with E-state index in [1.807, 2.05) is 54.6 Å². The minimum atomic E-state index is -0.805. The van der Waals surface area contributed by atoms with Gasteiger partial charge in [0.05, 0.1) is 27.2 Å². The first-order valence-electron chi connectivity index (χ1n) is 16.5. The third-order valence-electron chi connectivity index (χ3n) is 9.35. The molecule has 0 saturated carbocycles. The van der Waals surface area contributed by atoms with Crippen LogP contribution in [0.25, 0.3) is 0 Å². The van der Waals surface area contributed by atoms with Crippen molar-refractivity contribution in [2.75, 3.05) is 38.8 Å². The first kappa shape index (κ1) is 35.3. The van der Waals surface area contributed by atoms with Crippen LogP contribution in [-0.2, 0) is 33.7 Å². The first-order chi connectivity index (χ1) is 24.2. The Kier molecular flexibility index (Phi) is 11.3. The van der Waals surface area contributed by atoms with Crippen molar-refractivity contribution in [3.63, 3.8) is 0 Å². The highest BCUT2D eigenvalue weighted by Gasteiger charge is 2.37. The maximum atomic E-state index is 13.6. The number of benzene rings is 3. The highest BCUT2D eigenvalue weighted by atomic mass is 35.5. The summed E-state index contributed by atoms with van der Waals surface area (Å²) in [5.41, 5.74) is 3.45. The molecule has 4 heterocycles. The van der Waals surface area contributed by atoms with Gasteiger partial charge in [0.25, 0.3) is 0 Å². The molecule has 3 aliphatic rings. The zero-order valence-electron chi connectivity index (χ0n) is 27.9. The number of methoxy groups -OCH3 is 2. The Labute approximate surface area is 301 Å². The van der Waals surface area contributed by atoms with E-state index in [4.69, 9.17) is 42.1 Å². The van der Waals surface area contributed by atoms with Gasteiger partial charge in [-0.2, -0.15) is 4.73 Å². The van der Waals surface area contributed by atoms with E-state index in [0.717, 1.165) is 49.3 Å². The lowest BCUT2D eigenvalue weighted by Gasteiger charge is -2.44. The van der Waals surface area contributed by atoms with E-state index in [1.54, 1.807) is 23.1 Å². The number of nitrogens with zero attached hydrogens (tertiary/aromatic N) is 3. The van der Waals surface area contributed by atoms with Crippen molar-refractivity contribution in [3.05, 3.63) is 123 Å². The standard InChI is InChI=1S/C38H39Cl2N3O7/c1-47-33-13-12-28(19-35(33)48-2)34(20-30-31(39)22-42(46)23-32(30)40)49-37(44)18-25-8-10-26(11-9-25)21-43(29-6-4-3-5-7-29)38(45)50-36-24-41-16-14-27(36)15-17-41/h3-13,19,22-23,27,34,36H,14-18,20-21,24H2,1-2H3/t34-,36-/m0/s1. The number of carbonyl (C=O) groups excluding carboxylic acids is 2. The summed E-state index contributed by atoms with van der Waals surface area (Å²) >= 11 is 12.8. The number of halogens is 2. The molecule has 0 N–H and O–H groups in total. The summed E-state index contributed by atoms with van der Waals surface area (Å²) in [6, 6.07) is 22.2. The van der Waals surface area contributed by atoms with Crippen LogP contribution < -0.4 is 19.1 Å². The predicted molar refractivity (Wildman–Crippen MR) is 190 cm³/mol. The number of anilines is 1. The molecule has 2 atom stereocenters. The zero-order chi connectivity index (χ0) is 35.2. The van der Waals surface area contributed by atoms with Gasteiger partial charge in [-0.25, -0.2) is 4.79 Å². The molecule has 50 heavy (non-hydrogen) atoms. The lowest BCUT2D eigenvalue weighted by molar-refractivity contribution is -0.605. The molecule has 4 aromatic rings. The summed E-state index contributed by atoms with van der Waals surface area (Å²) in [7, 11) is 3.05. The molecule has 0 spiro atoms. The van der Waals surface area contributed by atoms with Crippen LogP contribution in [0.2, 0.25) is 10.0 Å². The van der Waals surface area contributed by atoms with Gasteiger partial charge in [0, 0.05) is 24.2 Å². The minimum Gasteiger partial charge on any atom is -0.619 e. The molecule has 3 fully saturated rings. The molecule has 1 aromatic heterocycles. The second kappa shape index (κ2) is 16.0. The van der Waals surface area contributed by atoms with Crippen LogP contribution in [0.5, 0.6) is 11.5 Å². The zero-order valence-corrected chi connectivity index (χ0v) is 29.4. The molecule has 0 aliphatic carbocycles. The second-order valence-electron chi connectivity index (χ2n) is 12.6. The summed E-state index contributed by atoms with van der Waals surface area (Å²) in [5.74, 6) is 0.897. The third-order valence-corrected chi connectivity index (χ3v) is 10.0. The lowest BCUT2D eigenvalue weighted by atomic mass is 9.86. The summed E-state index contributed by atoms with van der Waals surface area (Å²) in [6.07, 6.45) is 3.34.